The van der Waals surface area contributed by atoms with Crippen LogP contribution in [0.2, 0.25) is 0 Å². The summed E-state index contributed by atoms with van der Waals surface area (Å²) in [7, 11) is 2.85. The number of aliphatic imine (C=N–C) groups is 2. The molecule has 8 saturated carbocycles. The molecule has 8 bridgehead atoms. The van der Waals surface area contributed by atoms with Gasteiger partial charge in [0, 0.05) is 46.8 Å². The fraction of sp³-hybridized carbons (Fsp3) is 0.600. The lowest BCUT2D eigenvalue weighted by atomic mass is 9.42. The zero-order valence-electron chi connectivity index (χ0n) is 57.4. The highest BCUT2D eigenvalue weighted by Gasteiger charge is 2.65. The van der Waals surface area contributed by atoms with Crippen molar-refractivity contribution in [2.24, 2.45) is 108 Å². The second-order valence-corrected chi connectivity index (χ2v) is 33.2. The maximum Gasteiger partial charge on any atom is 0.305 e. The summed E-state index contributed by atoms with van der Waals surface area (Å²) in [4.78, 5) is 42.2. The van der Waals surface area contributed by atoms with E-state index >= 15 is 43.9 Å². The van der Waals surface area contributed by atoms with E-state index in [4.69, 9.17) is 19.5 Å². The van der Waals surface area contributed by atoms with Gasteiger partial charge in [0.2, 0.25) is 11.6 Å². The molecule has 18 heteroatoms. The Morgan fingerprint density at radius 2 is 0.816 bits per heavy atom. The number of carbonyl (C=O) groups excluding carboxylic acids is 2. The van der Waals surface area contributed by atoms with Crippen molar-refractivity contribution in [2.45, 2.75) is 188 Å². The van der Waals surface area contributed by atoms with E-state index in [-0.39, 0.29) is 79.4 Å². The van der Waals surface area contributed by atoms with Crippen LogP contribution in [0.15, 0.2) is 69.9 Å². The Morgan fingerprint density at radius 3 is 1.21 bits per heavy atom. The Bertz CT molecular complexity index is 3960. The molecule has 0 saturated heterocycles. The van der Waals surface area contributed by atoms with Crippen LogP contribution in [0, 0.1) is 156 Å². The molecule has 8 aliphatic carbocycles. The summed E-state index contributed by atoms with van der Waals surface area (Å²) >= 11 is 0. The SMILES string of the molecule is COC(=O)CC[C@@H](C)[C@H]1CC[C@H]2[C@@H]3CC[C@@H]4CC5(CC[C@]4(C)[C@H]3CC[C@]12C)C1=N/C(=C(/c2c(F)c(F)c(F)c(F)c2F)c2ccc([nH]2)C2(CC[C@@]3(C)[C@H](CC[C@@H]4[C@@H]3CC[C@]3(C)[C@@H]([C@H](C)CCC(=O)OC)CC[C@@H]43)C2)c2ccc([nH]2)/C(c2c(F)c(F)c(F)c(F)c2F)=C2/C=CC5=N2)C=C1. The third kappa shape index (κ3) is 9.81. The summed E-state index contributed by atoms with van der Waals surface area (Å²) in [5.74, 6) is -17.4. The van der Waals surface area contributed by atoms with Crippen molar-refractivity contribution in [3.05, 3.63) is 152 Å². The molecule has 5 heterocycles. The van der Waals surface area contributed by atoms with E-state index in [1.165, 1.54) is 26.4 Å². The van der Waals surface area contributed by atoms with Gasteiger partial charge in [-0.15, -0.1) is 0 Å². The van der Waals surface area contributed by atoms with Gasteiger partial charge in [-0.2, -0.15) is 0 Å². The van der Waals surface area contributed by atoms with Gasteiger partial charge in [0.25, 0.3) is 0 Å². The Balaban J connectivity index is 0.857. The number of rotatable bonds is 10. The summed E-state index contributed by atoms with van der Waals surface area (Å²) in [5.41, 5.74) is -3.83. The van der Waals surface area contributed by atoms with Crippen LogP contribution in [0.25, 0.3) is 11.1 Å². The van der Waals surface area contributed by atoms with Crippen molar-refractivity contribution in [3.8, 4) is 0 Å². The van der Waals surface area contributed by atoms with E-state index in [1.54, 1.807) is 36.4 Å². The molecule has 0 amide bonds. The van der Waals surface area contributed by atoms with Crippen molar-refractivity contribution in [1.82, 2.24) is 9.97 Å². The second-order valence-electron chi connectivity index (χ2n) is 33.2. The predicted molar refractivity (Wildman–Crippen MR) is 354 cm³/mol. The molecule has 15 rings (SSSR count). The quantitative estimate of drug-likeness (QED) is 0.0713. The minimum atomic E-state index is -2.30. The van der Waals surface area contributed by atoms with Gasteiger partial charge >= 0.3 is 11.9 Å². The number of ether oxygens (including phenoxy) is 2. The largest absolute Gasteiger partial charge is 0.469 e. The molecule has 3 aliphatic heterocycles. The van der Waals surface area contributed by atoms with Gasteiger partial charge in [-0.3, -0.25) is 19.6 Å². The minimum absolute atomic E-state index is 0.0218. The van der Waals surface area contributed by atoms with E-state index in [9.17, 15) is 9.59 Å². The molecule has 4 aromatic rings. The summed E-state index contributed by atoms with van der Waals surface area (Å²) in [6.07, 6.45) is 23.8. The van der Waals surface area contributed by atoms with Gasteiger partial charge < -0.3 is 19.4 Å². The fourth-order valence-corrected chi connectivity index (χ4v) is 24.6. The topological polar surface area (TPSA) is 109 Å². The molecule has 2 spiro atoms. The van der Waals surface area contributed by atoms with Gasteiger partial charge in [0.1, 0.15) is 0 Å². The number of aromatic amines is 2. The third-order valence-corrected chi connectivity index (χ3v) is 29.7. The maximum absolute atomic E-state index is 17.0. The standard InChI is InChI=1S/C80H90F10N4O4/c1-39(9-27-59(95)97-7)45-15-17-47-43-13-11-41-37-79(35-33-75(41,3)49(43)29-31-77(45,47)5)55-23-19-51(91-55)61(63-65(81)69(85)73(89)70(86)66(63)82)53-21-25-57(93-53)80(58-26-22-54(94-58)62(52-20-24-56(79)92-52)64-67(83)71(87)74(90)72(88)68(64)84)36-34-76(4)42(38-80)12-14-44-48-18-16-46(40(2)10-28-60(96)98-8)78(48,6)32-30-50(44)76/h19-26,39-50,91-92H,9-18,27-38H2,1-8H3/b61-53+,62-54+/t39-,40-,41-,42-,43+,44+,45-,46-,47+,48+,49+,50+,75+,76+,77-,78-,79?,80?/m1/s1. The zero-order chi connectivity index (χ0) is 69.2. The molecule has 8 fully saturated rings. The van der Waals surface area contributed by atoms with Crippen LogP contribution in [-0.2, 0) is 24.5 Å². The lowest BCUT2D eigenvalue weighted by Gasteiger charge is -2.63. The molecule has 0 radical (unpaired) electrons. The Morgan fingerprint density at radius 1 is 0.449 bits per heavy atom. The van der Waals surface area contributed by atoms with Crippen LogP contribution in [0.5, 0.6) is 0 Å². The summed E-state index contributed by atoms with van der Waals surface area (Å²) in [5, 5.41) is 0. The monoisotopic (exact) mass is 1360 g/mol. The summed E-state index contributed by atoms with van der Waals surface area (Å²) in [6, 6.07) is 6.68. The highest BCUT2D eigenvalue weighted by molar-refractivity contribution is 6.23. The molecule has 11 aliphatic rings. The lowest BCUT2D eigenvalue weighted by molar-refractivity contribution is -0.142. The smallest absolute Gasteiger partial charge is 0.305 e. The van der Waals surface area contributed by atoms with Crippen LogP contribution < -0.4 is 0 Å². The predicted octanol–water partition coefficient (Wildman–Crippen LogP) is 20.1. The number of H-pyrrole nitrogens is 2. The van der Waals surface area contributed by atoms with E-state index in [1.807, 2.05) is 0 Å². The number of fused-ring (bicyclic) bond motifs is 20. The van der Waals surface area contributed by atoms with Crippen LogP contribution in [0.1, 0.15) is 217 Å². The van der Waals surface area contributed by atoms with Gasteiger partial charge in [-0.05, 0) is 270 Å². The number of aromatic nitrogens is 2. The summed E-state index contributed by atoms with van der Waals surface area (Å²) < 4.78 is 172. The summed E-state index contributed by atoms with van der Waals surface area (Å²) in [6.45, 7) is 14.2. The first kappa shape index (κ1) is 67.4. The Kier molecular flexibility index (Phi) is 16.6. The number of hydrogen-bond donors (Lipinski definition) is 2. The minimum Gasteiger partial charge on any atom is -0.469 e. The molecule has 2 aromatic carbocycles. The van der Waals surface area contributed by atoms with Crippen molar-refractivity contribution >= 4 is 34.5 Å². The number of methoxy groups -OCH3 is 2. The van der Waals surface area contributed by atoms with Gasteiger partial charge in [0.15, 0.2) is 46.5 Å². The first-order chi connectivity index (χ1) is 46.7. The van der Waals surface area contributed by atoms with Crippen molar-refractivity contribution in [1.29, 1.82) is 0 Å². The number of esters is 2. The first-order valence-electron chi connectivity index (χ1n) is 36.3. The number of benzene rings is 2. The number of carbonyl (C=O) groups is 2. The molecular weight excluding hydrogens is 1270 g/mol. The van der Waals surface area contributed by atoms with Crippen LogP contribution >= 0.6 is 0 Å². The molecule has 16 atom stereocenters. The first-order valence-corrected chi connectivity index (χ1v) is 36.3. The molecule has 8 nitrogen and oxygen atoms in total. The third-order valence-electron chi connectivity index (χ3n) is 29.7. The highest BCUT2D eigenvalue weighted by atomic mass is 19.2. The van der Waals surface area contributed by atoms with Gasteiger partial charge in [-0.25, -0.2) is 43.9 Å². The molecule has 2 N–H and O–H groups in total. The van der Waals surface area contributed by atoms with Crippen LogP contribution in [0.4, 0.5) is 43.9 Å². The van der Waals surface area contributed by atoms with E-state index in [0.717, 1.165) is 89.9 Å². The number of nitrogens with zero attached hydrogens (tertiary/aromatic N) is 2. The van der Waals surface area contributed by atoms with Gasteiger partial charge in [-0.1, -0.05) is 41.5 Å². The normalized spacial score (nSPS) is 38.0. The highest BCUT2D eigenvalue weighted by Crippen LogP contribution is 2.73. The Labute approximate surface area is 567 Å². The molecule has 2 aromatic heterocycles. The fourth-order valence-electron chi connectivity index (χ4n) is 24.6. The van der Waals surface area contributed by atoms with Crippen molar-refractivity contribution < 1.29 is 63.0 Å². The van der Waals surface area contributed by atoms with E-state index < -0.39 is 80.1 Å². The molecule has 524 valence electrons. The number of hydrogen-bond acceptors (Lipinski definition) is 6. The molecule has 0 unspecified atom stereocenters. The lowest BCUT2D eigenvalue weighted by Crippen LogP contribution is -2.56. The van der Waals surface area contributed by atoms with Crippen molar-refractivity contribution in [2.75, 3.05) is 14.2 Å². The molecule has 98 heavy (non-hydrogen) atoms. The number of halogens is 10. The molecular formula is C80H90F10N4O4. The number of allylic oxidation sites excluding steroid dienone is 4. The van der Waals surface area contributed by atoms with E-state index in [0.29, 0.717) is 133 Å². The second kappa shape index (κ2) is 24.1. The average molecular weight is 1360 g/mol. The zero-order valence-corrected chi connectivity index (χ0v) is 57.4. The maximum atomic E-state index is 17.0. The van der Waals surface area contributed by atoms with Crippen LogP contribution in [0.3, 0.4) is 0 Å². The average Bonchev–Trinajstić information content (AvgIpc) is 1.45. The van der Waals surface area contributed by atoms with Crippen LogP contribution in [-0.4, -0.2) is 47.5 Å². The van der Waals surface area contributed by atoms with E-state index in [2.05, 4.69) is 51.5 Å². The van der Waals surface area contributed by atoms with Gasteiger partial charge in [0.05, 0.1) is 59.0 Å². The Hall–Kier alpha value is -6.46. The van der Waals surface area contributed by atoms with Crippen molar-refractivity contribution in [3.63, 3.8) is 0 Å². The number of nitrogens with one attached hydrogen (secondary N) is 2.